The van der Waals surface area contributed by atoms with Crippen molar-refractivity contribution in [1.82, 2.24) is 14.5 Å². The quantitative estimate of drug-likeness (QED) is 0.310. The molecular weight excluding hydrogens is 454 g/mol. The largest absolute Gasteiger partial charge is 0.492 e. The molecule has 0 atom stereocenters. The van der Waals surface area contributed by atoms with Crippen molar-refractivity contribution in [3.63, 3.8) is 0 Å². The molecule has 0 saturated heterocycles. The highest BCUT2D eigenvalue weighted by Crippen LogP contribution is 2.29. The third-order valence-electron chi connectivity index (χ3n) is 5.54. The summed E-state index contributed by atoms with van der Waals surface area (Å²) < 4.78 is 18.5. The number of fused-ring (bicyclic) bond motifs is 1. The van der Waals surface area contributed by atoms with Crippen LogP contribution in [0.5, 0.6) is 11.5 Å². The normalized spacial score (nSPS) is 11.0. The van der Waals surface area contributed by atoms with E-state index in [0.717, 1.165) is 33.7 Å². The second-order valence-electron chi connectivity index (χ2n) is 7.82. The molecule has 2 heterocycles. The number of aromatic nitrogens is 3. The monoisotopic (exact) mass is 479 g/mol. The zero-order valence-corrected chi connectivity index (χ0v) is 20.3. The van der Waals surface area contributed by atoms with Gasteiger partial charge in [0.15, 0.2) is 0 Å². The van der Waals surface area contributed by atoms with Gasteiger partial charge in [0, 0.05) is 17.7 Å². The smallest absolute Gasteiger partial charge is 0.338 e. The van der Waals surface area contributed by atoms with E-state index >= 15 is 0 Å². The minimum Gasteiger partial charge on any atom is -0.492 e. The van der Waals surface area contributed by atoms with E-state index in [0.29, 0.717) is 35.2 Å². The molecule has 0 N–H and O–H groups in total. The lowest BCUT2D eigenvalue weighted by atomic mass is 10.1. The van der Waals surface area contributed by atoms with Crippen molar-refractivity contribution < 1.29 is 19.0 Å². The maximum absolute atomic E-state index is 12.1. The van der Waals surface area contributed by atoms with E-state index in [2.05, 4.69) is 9.55 Å². The number of hydrogen-bond donors (Lipinski definition) is 0. The molecule has 8 heteroatoms. The predicted molar refractivity (Wildman–Crippen MR) is 131 cm³/mol. The number of esters is 1. The van der Waals surface area contributed by atoms with E-state index < -0.39 is 0 Å². The van der Waals surface area contributed by atoms with Crippen LogP contribution in [0.4, 0.5) is 0 Å². The Morgan fingerprint density at radius 1 is 1.09 bits per heavy atom. The Balaban J connectivity index is 1.64. The molecule has 0 aliphatic rings. The third kappa shape index (κ3) is 4.84. The van der Waals surface area contributed by atoms with Crippen molar-refractivity contribution in [2.45, 2.75) is 33.9 Å². The number of methoxy groups -OCH3 is 1. The average molecular weight is 480 g/mol. The zero-order valence-electron chi connectivity index (χ0n) is 19.6. The van der Waals surface area contributed by atoms with Crippen LogP contribution in [0.3, 0.4) is 0 Å². The first kappa shape index (κ1) is 23.6. The van der Waals surface area contributed by atoms with Gasteiger partial charge in [0.25, 0.3) is 0 Å². The minimum atomic E-state index is -0.390. The summed E-state index contributed by atoms with van der Waals surface area (Å²) in [6.45, 7) is 7.11. The summed E-state index contributed by atoms with van der Waals surface area (Å²) in [6, 6.07) is 12.9. The summed E-state index contributed by atoms with van der Waals surface area (Å²) >= 11 is 6.48. The number of rotatable bonds is 8. The molecule has 2 aromatic carbocycles. The zero-order chi connectivity index (χ0) is 24.2. The van der Waals surface area contributed by atoms with E-state index in [1.165, 1.54) is 7.11 Å². The van der Waals surface area contributed by atoms with Gasteiger partial charge in [0.1, 0.15) is 23.9 Å². The summed E-state index contributed by atoms with van der Waals surface area (Å²) in [6.07, 6.45) is 1.68. The first-order valence-corrected chi connectivity index (χ1v) is 11.3. The van der Waals surface area contributed by atoms with Crippen LogP contribution in [0.25, 0.3) is 11.0 Å². The summed E-state index contributed by atoms with van der Waals surface area (Å²) in [5.41, 5.74) is 4.76. The van der Waals surface area contributed by atoms with Gasteiger partial charge >= 0.3 is 5.97 Å². The number of carbonyl (C=O) groups excluding carboxylic acids is 1. The van der Waals surface area contributed by atoms with Gasteiger partial charge in [-0.15, -0.1) is 0 Å². The van der Waals surface area contributed by atoms with Crippen LogP contribution in [0.1, 0.15) is 39.9 Å². The molecule has 34 heavy (non-hydrogen) atoms. The second-order valence-corrected chi connectivity index (χ2v) is 8.23. The van der Waals surface area contributed by atoms with Gasteiger partial charge in [-0.05, 0) is 38.5 Å². The molecule has 0 spiro atoms. The van der Waals surface area contributed by atoms with Gasteiger partial charge < -0.3 is 18.8 Å². The van der Waals surface area contributed by atoms with Crippen molar-refractivity contribution >= 4 is 28.6 Å². The Labute approximate surface area is 203 Å². The minimum absolute atomic E-state index is 0.232. The van der Waals surface area contributed by atoms with Crippen molar-refractivity contribution in [3.8, 4) is 11.5 Å². The van der Waals surface area contributed by atoms with Crippen molar-refractivity contribution in [3.05, 3.63) is 81.9 Å². The van der Waals surface area contributed by atoms with Gasteiger partial charge in [-0.3, -0.25) is 4.98 Å². The average Bonchev–Trinajstić information content (AvgIpc) is 3.15. The highest BCUT2D eigenvalue weighted by atomic mass is 35.5. The molecule has 7 nitrogen and oxygen atoms in total. The maximum atomic E-state index is 12.1. The summed E-state index contributed by atoms with van der Waals surface area (Å²) in [5.74, 6) is 1.77. The van der Waals surface area contributed by atoms with Gasteiger partial charge in [-0.1, -0.05) is 29.8 Å². The number of carbonyl (C=O) groups is 1. The number of aryl methyl sites for hydroxylation is 2. The van der Waals surface area contributed by atoms with Gasteiger partial charge in [0.2, 0.25) is 0 Å². The number of benzene rings is 2. The molecular formula is C26H26ClN3O4. The molecule has 0 aliphatic heterocycles. The number of imidazole rings is 1. The van der Waals surface area contributed by atoms with Crippen LogP contribution < -0.4 is 9.47 Å². The fourth-order valence-electron chi connectivity index (χ4n) is 3.84. The van der Waals surface area contributed by atoms with E-state index in [-0.39, 0.29) is 12.6 Å². The highest BCUT2D eigenvalue weighted by molar-refractivity contribution is 6.31. The highest BCUT2D eigenvalue weighted by Gasteiger charge is 2.16. The van der Waals surface area contributed by atoms with E-state index in [4.69, 9.17) is 30.8 Å². The third-order valence-corrected chi connectivity index (χ3v) is 5.86. The Morgan fingerprint density at radius 2 is 1.88 bits per heavy atom. The second kappa shape index (κ2) is 10.1. The fourth-order valence-corrected chi connectivity index (χ4v) is 4.05. The standard InChI is InChI=1S/C26H26ClN3O4/c1-5-33-20-11-22(27)23(28-13-20)14-30-17(3)29-25-16(2)10-19(12-24(25)30)34-15-18-8-6-7-9-21(18)26(31)32-4/h6-13H,5,14-15H2,1-4H3. The molecule has 0 radical (unpaired) electrons. The van der Waals surface area contributed by atoms with Crippen molar-refractivity contribution in [2.24, 2.45) is 0 Å². The maximum Gasteiger partial charge on any atom is 0.338 e. The summed E-state index contributed by atoms with van der Waals surface area (Å²) in [5, 5.41) is 0.538. The lowest BCUT2D eigenvalue weighted by Gasteiger charge is -2.12. The fraction of sp³-hybridized carbons (Fsp3) is 0.269. The van der Waals surface area contributed by atoms with Crippen LogP contribution >= 0.6 is 11.6 Å². The van der Waals surface area contributed by atoms with Crippen LogP contribution in [-0.2, 0) is 17.9 Å². The molecule has 0 aliphatic carbocycles. The Kier molecular flexibility index (Phi) is 7.03. The lowest BCUT2D eigenvalue weighted by Crippen LogP contribution is -2.08. The Morgan fingerprint density at radius 3 is 2.62 bits per heavy atom. The number of nitrogens with zero attached hydrogens (tertiary/aromatic N) is 3. The van der Waals surface area contributed by atoms with Crippen molar-refractivity contribution in [1.29, 1.82) is 0 Å². The summed E-state index contributed by atoms with van der Waals surface area (Å²) in [4.78, 5) is 21.3. The molecule has 0 fully saturated rings. The van der Waals surface area contributed by atoms with Crippen molar-refractivity contribution in [2.75, 3.05) is 13.7 Å². The molecule has 2 aromatic heterocycles. The van der Waals surface area contributed by atoms with E-state index in [1.807, 2.05) is 45.0 Å². The lowest BCUT2D eigenvalue weighted by molar-refractivity contribution is 0.0597. The van der Waals surface area contributed by atoms with Gasteiger partial charge in [0.05, 0.1) is 53.8 Å². The van der Waals surface area contributed by atoms with Crippen LogP contribution in [0.15, 0.2) is 48.7 Å². The first-order chi connectivity index (χ1) is 16.4. The molecule has 4 rings (SSSR count). The van der Waals surface area contributed by atoms with Gasteiger partial charge in [-0.25, -0.2) is 9.78 Å². The van der Waals surface area contributed by atoms with Crippen LogP contribution in [-0.4, -0.2) is 34.2 Å². The van der Waals surface area contributed by atoms with E-state index in [9.17, 15) is 4.79 Å². The predicted octanol–water partition coefficient (Wildman–Crippen LogP) is 5.51. The number of hydrogen-bond acceptors (Lipinski definition) is 6. The molecule has 0 saturated carbocycles. The SMILES string of the molecule is CCOc1cnc(Cn2c(C)nc3c(C)cc(OCc4ccccc4C(=O)OC)cc32)c(Cl)c1. The molecule has 0 bridgehead atoms. The number of ether oxygens (including phenoxy) is 3. The number of halogens is 1. The molecule has 0 unspecified atom stereocenters. The molecule has 0 amide bonds. The van der Waals surface area contributed by atoms with Crippen LogP contribution in [0.2, 0.25) is 5.02 Å². The molecule has 4 aromatic rings. The van der Waals surface area contributed by atoms with E-state index in [1.54, 1.807) is 24.4 Å². The van der Waals surface area contributed by atoms with Gasteiger partial charge in [-0.2, -0.15) is 0 Å². The molecule has 176 valence electrons. The number of pyridine rings is 1. The Bertz CT molecular complexity index is 1350. The van der Waals surface area contributed by atoms with Crippen LogP contribution in [0, 0.1) is 13.8 Å². The topological polar surface area (TPSA) is 75.5 Å². The first-order valence-electron chi connectivity index (χ1n) is 10.9. The Hall–Kier alpha value is -3.58. The summed E-state index contributed by atoms with van der Waals surface area (Å²) in [7, 11) is 1.37.